The molecule has 0 fully saturated rings. The molecule has 1 unspecified atom stereocenters. The highest BCUT2D eigenvalue weighted by atomic mass is 16.3. The van der Waals surface area contributed by atoms with Gasteiger partial charge in [-0.1, -0.05) is 0 Å². The third-order valence-electron chi connectivity index (χ3n) is 2.22. The van der Waals surface area contributed by atoms with Crippen molar-refractivity contribution in [2.45, 2.75) is 18.6 Å². The average Bonchev–Trinajstić information content (AvgIpc) is 1.90. The molecule has 0 spiro atoms. The number of rotatable bonds is 4. The van der Waals surface area contributed by atoms with Crippen molar-refractivity contribution in [2.24, 2.45) is 0 Å². The number of nitrogens with zero attached hydrogens (tertiary/aromatic N) is 1. The number of aliphatic hydroxyl groups is 3. The normalized spacial score (nSPS) is 15.5. The fourth-order valence-corrected chi connectivity index (χ4v) is 0.971. The number of hydrogen-bond donors (Lipinski definition) is 3. The summed E-state index contributed by atoms with van der Waals surface area (Å²) in [4.78, 5) is 1.62. The summed E-state index contributed by atoms with van der Waals surface area (Å²) in [5, 5.41) is 27.2. The Morgan fingerprint density at radius 1 is 1.27 bits per heavy atom. The highest BCUT2D eigenvalue weighted by Gasteiger charge is 2.36. The molecule has 0 aromatic carbocycles. The molecule has 4 nitrogen and oxygen atoms in total. The summed E-state index contributed by atoms with van der Waals surface area (Å²) in [6.45, 7) is 1.04. The summed E-state index contributed by atoms with van der Waals surface area (Å²) in [6, 6.07) is 0. The van der Waals surface area contributed by atoms with Gasteiger partial charge in [0.15, 0.2) is 0 Å². The zero-order valence-corrected chi connectivity index (χ0v) is 7.28. The van der Waals surface area contributed by atoms with Crippen molar-refractivity contribution in [3.63, 3.8) is 0 Å². The molecule has 68 valence electrons. The molecular formula is C7H17NO3. The maximum atomic E-state index is 9.27. The lowest BCUT2D eigenvalue weighted by atomic mass is 9.94. The first-order valence-electron chi connectivity index (χ1n) is 3.58. The fourth-order valence-electron chi connectivity index (χ4n) is 0.971. The molecule has 0 aliphatic rings. The van der Waals surface area contributed by atoms with Crippen LogP contribution in [0.5, 0.6) is 0 Å². The molecule has 3 N–H and O–H groups in total. The van der Waals surface area contributed by atoms with E-state index in [9.17, 15) is 5.11 Å². The van der Waals surface area contributed by atoms with Crippen LogP contribution in [0.3, 0.4) is 0 Å². The van der Waals surface area contributed by atoms with Crippen LogP contribution < -0.4 is 0 Å². The van der Waals surface area contributed by atoms with Gasteiger partial charge in [0.25, 0.3) is 0 Å². The molecule has 11 heavy (non-hydrogen) atoms. The van der Waals surface area contributed by atoms with E-state index in [0.29, 0.717) is 0 Å². The molecule has 4 heteroatoms. The smallest absolute Gasteiger partial charge is 0.0927 e. The second kappa shape index (κ2) is 4.01. The Labute approximate surface area is 67.1 Å². The van der Waals surface area contributed by atoms with Gasteiger partial charge in [0.05, 0.1) is 24.9 Å². The Balaban J connectivity index is 4.46. The van der Waals surface area contributed by atoms with Crippen molar-refractivity contribution in [2.75, 3.05) is 27.3 Å². The van der Waals surface area contributed by atoms with E-state index < -0.39 is 11.6 Å². The Hall–Kier alpha value is -0.160. The van der Waals surface area contributed by atoms with Gasteiger partial charge >= 0.3 is 0 Å². The average molecular weight is 163 g/mol. The van der Waals surface area contributed by atoms with E-state index in [1.807, 2.05) is 0 Å². The summed E-state index contributed by atoms with van der Waals surface area (Å²) >= 11 is 0. The Kier molecular flexibility index (Phi) is 3.96. The van der Waals surface area contributed by atoms with Crippen molar-refractivity contribution >= 4 is 0 Å². The standard InChI is InChI=1S/C7H17NO3/c1-6(11)7(4-9,5-10)8(2)3/h6,9-11H,4-5H2,1-3H3. The lowest BCUT2D eigenvalue weighted by Crippen LogP contribution is -2.58. The van der Waals surface area contributed by atoms with Gasteiger partial charge in [-0.3, -0.25) is 4.90 Å². The minimum atomic E-state index is -0.917. The molecular weight excluding hydrogens is 146 g/mol. The molecule has 0 rings (SSSR count). The third-order valence-corrected chi connectivity index (χ3v) is 2.22. The molecule has 1 atom stereocenters. The first kappa shape index (κ1) is 10.8. The summed E-state index contributed by atoms with van der Waals surface area (Å²) in [6.07, 6.45) is -0.757. The molecule has 0 radical (unpaired) electrons. The fraction of sp³-hybridized carbons (Fsp3) is 1.00. The molecule has 0 heterocycles. The summed E-state index contributed by atoms with van der Waals surface area (Å²) in [7, 11) is 3.42. The van der Waals surface area contributed by atoms with Crippen LogP contribution in [-0.2, 0) is 0 Å². The highest BCUT2D eigenvalue weighted by Crippen LogP contribution is 2.15. The van der Waals surface area contributed by atoms with E-state index in [1.165, 1.54) is 0 Å². The topological polar surface area (TPSA) is 63.9 Å². The van der Waals surface area contributed by atoms with Crippen molar-refractivity contribution in [1.82, 2.24) is 4.90 Å². The molecule has 0 aromatic rings. The molecule has 0 aromatic heterocycles. The van der Waals surface area contributed by atoms with E-state index in [4.69, 9.17) is 10.2 Å². The molecule has 0 saturated carbocycles. The lowest BCUT2D eigenvalue weighted by Gasteiger charge is -2.39. The summed E-state index contributed by atoms with van der Waals surface area (Å²) in [5.41, 5.74) is -0.917. The van der Waals surface area contributed by atoms with Gasteiger partial charge in [-0.2, -0.15) is 0 Å². The van der Waals surface area contributed by atoms with Gasteiger partial charge in [0, 0.05) is 0 Å². The van der Waals surface area contributed by atoms with E-state index in [2.05, 4.69) is 0 Å². The minimum absolute atomic E-state index is 0.256. The zero-order valence-electron chi connectivity index (χ0n) is 7.28. The van der Waals surface area contributed by atoms with Gasteiger partial charge in [0.1, 0.15) is 0 Å². The summed E-state index contributed by atoms with van der Waals surface area (Å²) < 4.78 is 0. The van der Waals surface area contributed by atoms with Crippen LogP contribution in [0.25, 0.3) is 0 Å². The quantitative estimate of drug-likeness (QED) is 0.479. The molecule has 0 aliphatic carbocycles. The Morgan fingerprint density at radius 3 is 1.64 bits per heavy atom. The Bertz CT molecular complexity index is 100. The van der Waals surface area contributed by atoms with Crippen molar-refractivity contribution in [3.8, 4) is 0 Å². The SMILES string of the molecule is CC(O)C(CO)(CO)N(C)C. The second-order valence-electron chi connectivity index (χ2n) is 2.99. The maximum Gasteiger partial charge on any atom is 0.0927 e. The van der Waals surface area contributed by atoms with E-state index in [-0.39, 0.29) is 13.2 Å². The largest absolute Gasteiger partial charge is 0.394 e. The van der Waals surface area contributed by atoms with Crippen molar-refractivity contribution < 1.29 is 15.3 Å². The van der Waals surface area contributed by atoms with E-state index in [1.54, 1.807) is 25.9 Å². The predicted octanol–water partition coefficient (Wildman–Crippen LogP) is -1.35. The zero-order chi connectivity index (χ0) is 9.07. The predicted molar refractivity (Wildman–Crippen MR) is 42.3 cm³/mol. The van der Waals surface area contributed by atoms with Crippen LogP contribution in [0.4, 0.5) is 0 Å². The molecule has 0 amide bonds. The van der Waals surface area contributed by atoms with Gasteiger partial charge in [-0.05, 0) is 21.0 Å². The van der Waals surface area contributed by atoms with E-state index in [0.717, 1.165) is 0 Å². The number of aliphatic hydroxyl groups excluding tert-OH is 3. The van der Waals surface area contributed by atoms with Gasteiger partial charge < -0.3 is 15.3 Å². The number of hydrogen-bond acceptors (Lipinski definition) is 4. The van der Waals surface area contributed by atoms with Crippen molar-refractivity contribution in [3.05, 3.63) is 0 Å². The third kappa shape index (κ3) is 1.90. The highest BCUT2D eigenvalue weighted by molar-refractivity contribution is 4.91. The van der Waals surface area contributed by atoms with Gasteiger partial charge in [0.2, 0.25) is 0 Å². The van der Waals surface area contributed by atoms with Crippen LogP contribution in [-0.4, -0.2) is 59.2 Å². The lowest BCUT2D eigenvalue weighted by molar-refractivity contribution is -0.0643. The molecule has 0 bridgehead atoms. The Morgan fingerprint density at radius 2 is 1.64 bits per heavy atom. The van der Waals surface area contributed by atoms with Gasteiger partial charge in [-0.25, -0.2) is 0 Å². The monoisotopic (exact) mass is 163 g/mol. The minimum Gasteiger partial charge on any atom is -0.394 e. The van der Waals surface area contributed by atoms with Crippen LogP contribution in [0.15, 0.2) is 0 Å². The van der Waals surface area contributed by atoms with Gasteiger partial charge in [-0.15, -0.1) is 0 Å². The second-order valence-corrected chi connectivity index (χ2v) is 2.99. The van der Waals surface area contributed by atoms with Crippen LogP contribution >= 0.6 is 0 Å². The number of likely N-dealkylation sites (N-methyl/N-ethyl adjacent to an activating group) is 1. The molecule has 0 aliphatic heterocycles. The van der Waals surface area contributed by atoms with Crippen LogP contribution in [0.2, 0.25) is 0 Å². The van der Waals surface area contributed by atoms with Crippen molar-refractivity contribution in [1.29, 1.82) is 0 Å². The molecule has 0 saturated heterocycles. The first-order chi connectivity index (χ1) is 5.01. The van der Waals surface area contributed by atoms with Crippen LogP contribution in [0.1, 0.15) is 6.92 Å². The maximum absolute atomic E-state index is 9.27. The van der Waals surface area contributed by atoms with Crippen LogP contribution in [0, 0.1) is 0 Å². The summed E-state index contributed by atoms with van der Waals surface area (Å²) in [5.74, 6) is 0. The van der Waals surface area contributed by atoms with E-state index >= 15 is 0 Å². The first-order valence-corrected chi connectivity index (χ1v) is 3.58.